The number of hydrogen-bond acceptors (Lipinski definition) is 3. The van der Waals surface area contributed by atoms with E-state index >= 15 is 0 Å². The van der Waals surface area contributed by atoms with Crippen LogP contribution in [0.5, 0.6) is 0 Å². The summed E-state index contributed by atoms with van der Waals surface area (Å²) < 4.78 is 0. The van der Waals surface area contributed by atoms with Crippen LogP contribution in [0.15, 0.2) is 0 Å². The van der Waals surface area contributed by atoms with Gasteiger partial charge in [-0.25, -0.2) is 0 Å². The number of hydrogen-bond donors (Lipinski definition) is 3. The van der Waals surface area contributed by atoms with Crippen LogP contribution in [0.2, 0.25) is 0 Å². The highest BCUT2D eigenvalue weighted by molar-refractivity contribution is 5.97. The second kappa shape index (κ2) is 5.89. The number of aromatic nitrogens is 2. The van der Waals surface area contributed by atoms with E-state index in [0.717, 1.165) is 31.4 Å². The van der Waals surface area contributed by atoms with Gasteiger partial charge in [0.25, 0.3) is 5.91 Å². The van der Waals surface area contributed by atoms with Gasteiger partial charge in [-0.3, -0.25) is 9.89 Å². The number of nitrogens with zero attached hydrogens (tertiary/aromatic N) is 1. The highest BCUT2D eigenvalue weighted by Gasteiger charge is 2.21. The lowest BCUT2D eigenvalue weighted by Gasteiger charge is -2.22. The number of anilines is 1. The predicted octanol–water partition coefficient (Wildman–Crippen LogP) is 2.01. The van der Waals surface area contributed by atoms with E-state index in [1.807, 2.05) is 0 Å². The Kier molecular flexibility index (Phi) is 4.23. The van der Waals surface area contributed by atoms with Crippen LogP contribution in [0.4, 0.5) is 5.69 Å². The zero-order valence-corrected chi connectivity index (χ0v) is 11.0. The molecule has 1 saturated carbocycles. The SMILES string of the molecule is CCCc1[nH]nc(C(=O)NC2CCCCC2)c1N. The molecule has 0 bridgehead atoms. The normalized spacial score (nSPS) is 16.7. The van der Waals surface area contributed by atoms with Gasteiger partial charge in [0, 0.05) is 6.04 Å². The van der Waals surface area contributed by atoms with Crippen molar-refractivity contribution in [2.24, 2.45) is 0 Å². The zero-order chi connectivity index (χ0) is 13.0. The molecule has 5 heteroatoms. The second-order valence-corrected chi connectivity index (χ2v) is 5.02. The number of nitrogen functional groups attached to an aromatic ring is 1. The van der Waals surface area contributed by atoms with Gasteiger partial charge in [-0.15, -0.1) is 0 Å². The molecule has 1 amide bonds. The number of nitrogens with two attached hydrogens (primary N) is 1. The molecule has 4 N–H and O–H groups in total. The molecule has 1 aromatic rings. The van der Waals surface area contributed by atoms with Gasteiger partial charge in [-0.05, 0) is 19.3 Å². The Labute approximate surface area is 108 Å². The number of aromatic amines is 1. The van der Waals surface area contributed by atoms with Crippen LogP contribution in [0.25, 0.3) is 0 Å². The van der Waals surface area contributed by atoms with E-state index in [1.54, 1.807) is 0 Å². The van der Waals surface area contributed by atoms with Crippen molar-refractivity contribution in [3.05, 3.63) is 11.4 Å². The number of carbonyl (C=O) groups excluding carboxylic acids is 1. The van der Waals surface area contributed by atoms with Crippen molar-refractivity contribution in [3.8, 4) is 0 Å². The van der Waals surface area contributed by atoms with Crippen molar-refractivity contribution in [2.45, 2.75) is 57.9 Å². The Balaban J connectivity index is 1.99. The lowest BCUT2D eigenvalue weighted by atomic mass is 9.95. The van der Waals surface area contributed by atoms with Gasteiger partial charge in [-0.2, -0.15) is 5.10 Å². The maximum absolute atomic E-state index is 12.1. The third kappa shape index (κ3) is 2.83. The van der Waals surface area contributed by atoms with Crippen molar-refractivity contribution in [3.63, 3.8) is 0 Å². The first-order chi connectivity index (χ1) is 8.72. The molecule has 0 atom stereocenters. The molecular formula is C13H22N4O. The number of carbonyl (C=O) groups is 1. The van der Waals surface area contributed by atoms with Crippen LogP contribution in [0.3, 0.4) is 0 Å². The first-order valence-corrected chi connectivity index (χ1v) is 6.86. The summed E-state index contributed by atoms with van der Waals surface area (Å²) in [5.74, 6) is -0.141. The van der Waals surface area contributed by atoms with E-state index < -0.39 is 0 Å². The predicted molar refractivity (Wildman–Crippen MR) is 71.3 cm³/mol. The maximum atomic E-state index is 12.1. The minimum atomic E-state index is -0.141. The molecule has 1 aromatic heterocycles. The average Bonchev–Trinajstić information content (AvgIpc) is 2.73. The van der Waals surface area contributed by atoms with Gasteiger partial charge in [0.1, 0.15) is 0 Å². The third-order valence-electron chi connectivity index (χ3n) is 3.54. The lowest BCUT2D eigenvalue weighted by Crippen LogP contribution is -2.36. The number of H-pyrrole nitrogens is 1. The summed E-state index contributed by atoms with van der Waals surface area (Å²) in [6.45, 7) is 2.07. The molecule has 0 radical (unpaired) electrons. The number of aryl methyl sites for hydroxylation is 1. The zero-order valence-electron chi connectivity index (χ0n) is 11.0. The fraction of sp³-hybridized carbons (Fsp3) is 0.692. The highest BCUT2D eigenvalue weighted by atomic mass is 16.2. The Hall–Kier alpha value is -1.52. The van der Waals surface area contributed by atoms with E-state index in [-0.39, 0.29) is 11.9 Å². The molecule has 1 aliphatic rings. The summed E-state index contributed by atoms with van der Waals surface area (Å²) in [7, 11) is 0. The van der Waals surface area contributed by atoms with E-state index in [0.29, 0.717) is 11.4 Å². The summed E-state index contributed by atoms with van der Waals surface area (Å²) >= 11 is 0. The summed E-state index contributed by atoms with van der Waals surface area (Å²) in [4.78, 5) is 12.1. The van der Waals surface area contributed by atoms with Crippen LogP contribution >= 0.6 is 0 Å². The molecule has 0 saturated heterocycles. The van der Waals surface area contributed by atoms with E-state index in [9.17, 15) is 4.79 Å². The molecule has 5 nitrogen and oxygen atoms in total. The van der Waals surface area contributed by atoms with Crippen LogP contribution in [0, 0.1) is 0 Å². The average molecular weight is 250 g/mol. The lowest BCUT2D eigenvalue weighted by molar-refractivity contribution is 0.0923. The van der Waals surface area contributed by atoms with Crippen LogP contribution < -0.4 is 11.1 Å². The largest absolute Gasteiger partial charge is 0.395 e. The van der Waals surface area contributed by atoms with Crippen LogP contribution in [-0.4, -0.2) is 22.1 Å². The van der Waals surface area contributed by atoms with Gasteiger partial charge in [0.15, 0.2) is 5.69 Å². The summed E-state index contributed by atoms with van der Waals surface area (Å²) in [6.07, 6.45) is 7.61. The Bertz CT molecular complexity index is 407. The highest BCUT2D eigenvalue weighted by Crippen LogP contribution is 2.19. The van der Waals surface area contributed by atoms with E-state index in [1.165, 1.54) is 19.3 Å². The van der Waals surface area contributed by atoms with Crippen LogP contribution in [0.1, 0.15) is 61.6 Å². The smallest absolute Gasteiger partial charge is 0.274 e. The Morgan fingerprint density at radius 1 is 1.44 bits per heavy atom. The van der Waals surface area contributed by atoms with Crippen molar-refractivity contribution in [1.29, 1.82) is 0 Å². The standard InChI is InChI=1S/C13H22N4O/c1-2-6-10-11(14)12(17-16-10)13(18)15-9-7-4-3-5-8-9/h9H,2-8,14H2,1H3,(H,15,18)(H,16,17). The van der Waals surface area contributed by atoms with Crippen molar-refractivity contribution < 1.29 is 4.79 Å². The first-order valence-electron chi connectivity index (χ1n) is 6.86. The molecule has 18 heavy (non-hydrogen) atoms. The topological polar surface area (TPSA) is 83.8 Å². The Morgan fingerprint density at radius 3 is 2.83 bits per heavy atom. The minimum absolute atomic E-state index is 0.141. The second-order valence-electron chi connectivity index (χ2n) is 5.02. The fourth-order valence-corrected chi connectivity index (χ4v) is 2.50. The summed E-state index contributed by atoms with van der Waals surface area (Å²) in [5, 5.41) is 9.92. The molecule has 0 spiro atoms. The molecule has 0 aromatic carbocycles. The number of amides is 1. The molecule has 0 aliphatic heterocycles. The number of nitrogens with one attached hydrogen (secondary N) is 2. The number of rotatable bonds is 4. The van der Waals surface area contributed by atoms with Crippen molar-refractivity contribution >= 4 is 11.6 Å². The monoisotopic (exact) mass is 250 g/mol. The van der Waals surface area contributed by atoms with Gasteiger partial charge >= 0.3 is 0 Å². The molecule has 1 aliphatic carbocycles. The summed E-state index contributed by atoms with van der Waals surface area (Å²) in [6, 6.07) is 0.289. The fourth-order valence-electron chi connectivity index (χ4n) is 2.50. The van der Waals surface area contributed by atoms with E-state index in [4.69, 9.17) is 5.73 Å². The summed E-state index contributed by atoms with van der Waals surface area (Å²) in [5.41, 5.74) is 7.66. The van der Waals surface area contributed by atoms with Gasteiger partial charge in [0.05, 0.1) is 11.4 Å². The minimum Gasteiger partial charge on any atom is -0.395 e. The van der Waals surface area contributed by atoms with E-state index in [2.05, 4.69) is 22.4 Å². The third-order valence-corrected chi connectivity index (χ3v) is 3.54. The molecule has 0 unspecified atom stereocenters. The van der Waals surface area contributed by atoms with Gasteiger partial charge in [-0.1, -0.05) is 32.6 Å². The molecule has 100 valence electrons. The first kappa shape index (κ1) is 12.9. The van der Waals surface area contributed by atoms with Gasteiger partial charge < -0.3 is 11.1 Å². The Morgan fingerprint density at radius 2 is 2.17 bits per heavy atom. The molecule has 1 heterocycles. The van der Waals surface area contributed by atoms with Gasteiger partial charge in [0.2, 0.25) is 0 Å². The van der Waals surface area contributed by atoms with Crippen molar-refractivity contribution in [1.82, 2.24) is 15.5 Å². The molecular weight excluding hydrogens is 228 g/mol. The van der Waals surface area contributed by atoms with Crippen molar-refractivity contribution in [2.75, 3.05) is 5.73 Å². The maximum Gasteiger partial charge on any atom is 0.274 e. The molecule has 2 rings (SSSR count). The molecule has 1 fully saturated rings. The van der Waals surface area contributed by atoms with Crippen LogP contribution in [-0.2, 0) is 6.42 Å². The quantitative estimate of drug-likeness (QED) is 0.764.